The zero-order chi connectivity index (χ0) is 34.5. The van der Waals surface area contributed by atoms with Gasteiger partial charge in [-0.3, -0.25) is 19.3 Å². The van der Waals surface area contributed by atoms with Crippen molar-refractivity contribution >= 4 is 17.5 Å². The van der Waals surface area contributed by atoms with Crippen LogP contribution in [-0.4, -0.2) is 52.2 Å². The van der Waals surface area contributed by atoms with E-state index in [2.05, 4.69) is 88.3 Å². The van der Waals surface area contributed by atoms with Gasteiger partial charge in [-0.2, -0.15) is 0 Å². The molecule has 0 bridgehead atoms. The second-order valence-corrected chi connectivity index (χ2v) is 14.3. The Hall–Kier alpha value is -2.51. The molecule has 44 heavy (non-hydrogen) atoms. The number of aryl methyl sites for hydroxylation is 1. The molecule has 0 spiro atoms. The zero-order valence-electron chi connectivity index (χ0n) is 31.3. The molecule has 2 atom stereocenters. The molecule has 1 aromatic heterocycles. The van der Waals surface area contributed by atoms with E-state index in [-0.39, 0.29) is 40.5 Å². The van der Waals surface area contributed by atoms with E-state index >= 15 is 0 Å². The number of nitrogens with one attached hydrogen (secondary N) is 2. The Kier molecular flexibility index (Phi) is 22.7. The van der Waals surface area contributed by atoms with Gasteiger partial charge in [0.25, 0.3) is 0 Å². The maximum atomic E-state index is 12.4. The van der Waals surface area contributed by atoms with Crippen molar-refractivity contribution in [3.05, 3.63) is 24.0 Å². The van der Waals surface area contributed by atoms with Crippen molar-refractivity contribution in [1.82, 2.24) is 25.6 Å². The SMILES string of the molecule is C/C=C\C(=NC)c1cn(CCCCCNC(=O)C(CCC)C(C)(C)C)nn1.CC.CC(C)NC(=O)C(CC(C)(C)C)C(C)C. The van der Waals surface area contributed by atoms with E-state index in [1.54, 1.807) is 7.05 Å². The first kappa shape index (κ1) is 43.6. The molecule has 2 N–H and O–H groups in total. The summed E-state index contributed by atoms with van der Waals surface area (Å²) in [6, 6.07) is 0.235. The molecule has 0 saturated carbocycles. The molecule has 0 aliphatic heterocycles. The third-order valence-corrected chi connectivity index (χ3v) is 7.07. The summed E-state index contributed by atoms with van der Waals surface area (Å²) in [7, 11) is 1.76. The van der Waals surface area contributed by atoms with E-state index < -0.39 is 0 Å². The monoisotopic (exact) mass is 619 g/mol. The molecule has 2 amide bonds. The summed E-state index contributed by atoms with van der Waals surface area (Å²) in [5.74, 6) is 1.02. The summed E-state index contributed by atoms with van der Waals surface area (Å²) < 4.78 is 1.86. The Morgan fingerprint density at radius 3 is 2.07 bits per heavy atom. The van der Waals surface area contributed by atoms with Gasteiger partial charge < -0.3 is 10.6 Å². The number of hydrogen-bond donors (Lipinski definition) is 2. The number of unbranched alkanes of at least 4 members (excludes halogenated alkanes) is 2. The van der Waals surface area contributed by atoms with Gasteiger partial charge in [-0.05, 0) is 75.7 Å². The van der Waals surface area contributed by atoms with E-state index in [0.29, 0.717) is 5.92 Å². The van der Waals surface area contributed by atoms with Gasteiger partial charge in [0.2, 0.25) is 11.8 Å². The van der Waals surface area contributed by atoms with Crippen LogP contribution in [0.15, 0.2) is 23.3 Å². The van der Waals surface area contributed by atoms with Gasteiger partial charge in [-0.1, -0.05) is 93.9 Å². The Morgan fingerprint density at radius 1 is 1.00 bits per heavy atom. The summed E-state index contributed by atoms with van der Waals surface area (Å²) in [5.41, 5.74) is 1.86. The van der Waals surface area contributed by atoms with Crippen molar-refractivity contribution in [2.45, 2.75) is 148 Å². The molecular formula is C36H70N6O2. The van der Waals surface area contributed by atoms with E-state index in [1.807, 2.05) is 57.6 Å². The number of carbonyl (C=O) groups excluding carboxylic acids is 2. The topological polar surface area (TPSA) is 101 Å². The van der Waals surface area contributed by atoms with Crippen molar-refractivity contribution in [2.75, 3.05) is 13.6 Å². The molecule has 0 saturated heterocycles. The molecule has 1 aromatic rings. The molecule has 8 heteroatoms. The quantitative estimate of drug-likeness (QED) is 0.153. The lowest BCUT2D eigenvalue weighted by molar-refractivity contribution is -0.129. The highest BCUT2D eigenvalue weighted by molar-refractivity contribution is 6.06. The van der Waals surface area contributed by atoms with Crippen LogP contribution in [0.1, 0.15) is 141 Å². The van der Waals surface area contributed by atoms with E-state index in [0.717, 1.165) is 63.0 Å². The Bertz CT molecular complexity index is 964. The fourth-order valence-electron chi connectivity index (χ4n) is 4.80. The minimum Gasteiger partial charge on any atom is -0.356 e. The maximum absolute atomic E-state index is 12.4. The van der Waals surface area contributed by atoms with Crippen molar-refractivity contribution in [2.24, 2.45) is 33.6 Å². The van der Waals surface area contributed by atoms with Gasteiger partial charge >= 0.3 is 0 Å². The molecule has 0 radical (unpaired) electrons. The smallest absolute Gasteiger partial charge is 0.223 e. The Morgan fingerprint density at radius 2 is 1.61 bits per heavy atom. The number of amides is 2. The molecule has 0 aliphatic rings. The molecule has 2 unspecified atom stereocenters. The van der Waals surface area contributed by atoms with Crippen LogP contribution in [0.4, 0.5) is 0 Å². The zero-order valence-corrected chi connectivity index (χ0v) is 31.3. The lowest BCUT2D eigenvalue weighted by Gasteiger charge is -2.29. The molecule has 0 fully saturated rings. The molecule has 8 nitrogen and oxygen atoms in total. The third kappa shape index (κ3) is 19.7. The van der Waals surface area contributed by atoms with Crippen LogP contribution < -0.4 is 10.6 Å². The molecule has 1 rings (SSSR count). The van der Waals surface area contributed by atoms with Crippen LogP contribution in [0.25, 0.3) is 0 Å². The number of rotatable bonds is 15. The predicted octanol–water partition coefficient (Wildman–Crippen LogP) is 8.27. The predicted molar refractivity (Wildman–Crippen MR) is 189 cm³/mol. The summed E-state index contributed by atoms with van der Waals surface area (Å²) in [6.45, 7) is 30.9. The molecule has 1 heterocycles. The number of carbonyl (C=O) groups is 2. The number of allylic oxidation sites excluding steroid dienone is 2. The lowest BCUT2D eigenvalue weighted by atomic mass is 9.77. The first-order chi connectivity index (χ1) is 20.5. The Balaban J connectivity index is 0. The maximum Gasteiger partial charge on any atom is 0.223 e. The van der Waals surface area contributed by atoms with E-state index in [1.165, 1.54) is 0 Å². The summed E-state index contributed by atoms with van der Waals surface area (Å²) >= 11 is 0. The van der Waals surface area contributed by atoms with Crippen LogP contribution in [0.5, 0.6) is 0 Å². The van der Waals surface area contributed by atoms with Crippen LogP contribution in [0.3, 0.4) is 0 Å². The van der Waals surface area contributed by atoms with E-state index in [4.69, 9.17) is 0 Å². The van der Waals surface area contributed by atoms with E-state index in [9.17, 15) is 9.59 Å². The highest BCUT2D eigenvalue weighted by Gasteiger charge is 2.30. The van der Waals surface area contributed by atoms with Gasteiger partial charge in [0.1, 0.15) is 5.69 Å². The van der Waals surface area contributed by atoms with Gasteiger partial charge in [-0.15, -0.1) is 5.10 Å². The number of nitrogens with zero attached hydrogens (tertiary/aromatic N) is 4. The second kappa shape index (κ2) is 22.9. The van der Waals surface area contributed by atoms with Crippen molar-refractivity contribution in [3.63, 3.8) is 0 Å². The first-order valence-electron chi connectivity index (χ1n) is 17.0. The molecule has 0 aromatic carbocycles. The summed E-state index contributed by atoms with van der Waals surface area (Å²) in [5, 5.41) is 14.5. The van der Waals surface area contributed by atoms with Gasteiger partial charge in [0, 0.05) is 38.0 Å². The first-order valence-corrected chi connectivity index (χ1v) is 17.0. The summed E-state index contributed by atoms with van der Waals surface area (Å²) in [4.78, 5) is 28.6. The second-order valence-electron chi connectivity index (χ2n) is 14.3. The fraction of sp³-hybridized carbons (Fsp3) is 0.806. The molecular weight excluding hydrogens is 548 g/mol. The van der Waals surface area contributed by atoms with Crippen LogP contribution in [-0.2, 0) is 16.1 Å². The normalized spacial score (nSPS) is 13.6. The largest absolute Gasteiger partial charge is 0.356 e. The summed E-state index contributed by atoms with van der Waals surface area (Å²) in [6.07, 6.45) is 11.8. The van der Waals surface area contributed by atoms with Gasteiger partial charge in [-0.25, -0.2) is 0 Å². The average Bonchev–Trinajstić information content (AvgIpc) is 3.39. The highest BCUT2D eigenvalue weighted by atomic mass is 16.2. The highest BCUT2D eigenvalue weighted by Crippen LogP contribution is 2.30. The fourth-order valence-corrected chi connectivity index (χ4v) is 4.80. The number of aromatic nitrogens is 3. The van der Waals surface area contributed by atoms with Crippen molar-refractivity contribution < 1.29 is 9.59 Å². The van der Waals surface area contributed by atoms with Crippen LogP contribution >= 0.6 is 0 Å². The Labute approximate surface area is 271 Å². The third-order valence-electron chi connectivity index (χ3n) is 7.07. The van der Waals surface area contributed by atoms with Crippen LogP contribution in [0, 0.1) is 28.6 Å². The average molecular weight is 619 g/mol. The van der Waals surface area contributed by atoms with Gasteiger partial charge in [0.15, 0.2) is 0 Å². The number of aliphatic imine (C=N–C) groups is 1. The lowest BCUT2D eigenvalue weighted by Crippen LogP contribution is -2.39. The number of hydrogen-bond acceptors (Lipinski definition) is 5. The molecule has 256 valence electrons. The minimum absolute atomic E-state index is 0.0124. The van der Waals surface area contributed by atoms with Gasteiger partial charge in [0.05, 0.1) is 11.9 Å². The molecule has 0 aliphatic carbocycles. The van der Waals surface area contributed by atoms with Crippen molar-refractivity contribution in [1.29, 1.82) is 0 Å². The van der Waals surface area contributed by atoms with Crippen LogP contribution in [0.2, 0.25) is 0 Å². The minimum atomic E-state index is 0.0124. The van der Waals surface area contributed by atoms with Crippen molar-refractivity contribution in [3.8, 4) is 0 Å². The standard InChI is InChI=1S/C21H37N5O.C13H27NO.C2H6/c1-7-12-17(21(3,4)5)20(27)23-14-10-9-11-15-26-16-19(24-25-26)18(22-6)13-8-2;1-9(2)11(8-13(5,6)7)12(15)14-10(3)4;1-2/h8,13,16-17H,7,9-12,14-15H2,1-6H3,(H,23,27);9-11H,8H2,1-7H3,(H,14,15);1-2H3/b13-8-,22-18?;;.